The second-order valence-electron chi connectivity index (χ2n) is 7.98. The summed E-state index contributed by atoms with van der Waals surface area (Å²) < 4.78 is 75.5. The molecule has 0 unspecified atom stereocenters. The minimum atomic E-state index is -2.19. The number of ether oxygens (including phenoxy) is 1. The Balaban J connectivity index is 1.48. The Bertz CT molecular complexity index is 1360. The van der Waals surface area contributed by atoms with Gasteiger partial charge in [-0.1, -0.05) is 27.5 Å². The van der Waals surface area contributed by atoms with Gasteiger partial charge < -0.3 is 19.9 Å². The van der Waals surface area contributed by atoms with Gasteiger partial charge in [0, 0.05) is 36.3 Å². The monoisotopic (exact) mass is 667 g/mol. The molecular weight excluding hydrogens is 653 g/mol. The predicted octanol–water partition coefficient (Wildman–Crippen LogP) is 7.15. The smallest absolute Gasteiger partial charge is 0.259 e. The minimum Gasteiger partial charge on any atom is -0.495 e. The van der Waals surface area contributed by atoms with Crippen LogP contribution in [-0.2, 0) is 0 Å². The molecule has 3 aromatic carbocycles. The summed E-state index contributed by atoms with van der Waals surface area (Å²) in [4.78, 5) is 15.8. The van der Waals surface area contributed by atoms with Crippen molar-refractivity contribution in [1.29, 1.82) is 0 Å². The van der Waals surface area contributed by atoms with Crippen LogP contribution in [-0.4, -0.2) is 39.2 Å². The predicted molar refractivity (Wildman–Crippen MR) is 138 cm³/mol. The van der Waals surface area contributed by atoms with Gasteiger partial charge in [0.2, 0.25) is 5.82 Å². The number of anilines is 3. The maximum Gasteiger partial charge on any atom is 0.259 e. The molecule has 0 atom stereocenters. The van der Waals surface area contributed by atoms with Crippen LogP contribution in [0.15, 0.2) is 39.3 Å². The normalized spacial score (nSPS) is 13.6. The lowest BCUT2D eigenvalue weighted by atomic mass is 10.1. The number of hydrogen-bond donors (Lipinski definition) is 1. The average Bonchev–Trinajstić information content (AvgIpc) is 2.86. The topological polar surface area (TPSA) is 44.8 Å². The van der Waals surface area contributed by atoms with Gasteiger partial charge in [0.05, 0.1) is 27.9 Å². The lowest BCUT2D eigenvalue weighted by molar-refractivity contribution is 0.102. The second kappa shape index (κ2) is 11.0. The molecule has 196 valence electrons. The molecule has 1 aliphatic rings. The molecule has 0 spiro atoms. The number of amides is 1. The molecule has 3 aromatic rings. The molecule has 0 saturated carbocycles. The number of benzene rings is 3. The van der Waals surface area contributed by atoms with E-state index in [0.29, 0.717) is 31.1 Å². The van der Waals surface area contributed by atoms with Crippen LogP contribution < -0.4 is 19.9 Å². The van der Waals surface area contributed by atoms with Crippen LogP contribution in [0.4, 0.5) is 39.0 Å². The molecule has 1 aliphatic heterocycles. The van der Waals surface area contributed by atoms with E-state index in [1.807, 2.05) is 4.90 Å². The number of methoxy groups -OCH3 is 1. The zero-order chi connectivity index (χ0) is 27.0. The molecule has 4 rings (SSSR count). The van der Waals surface area contributed by atoms with Crippen LogP contribution in [0.25, 0.3) is 0 Å². The molecule has 0 aliphatic carbocycles. The largest absolute Gasteiger partial charge is 0.495 e. The van der Waals surface area contributed by atoms with Crippen LogP contribution in [0, 0.1) is 29.1 Å². The van der Waals surface area contributed by atoms with Crippen molar-refractivity contribution in [1.82, 2.24) is 0 Å². The lowest BCUT2D eigenvalue weighted by Gasteiger charge is -2.38. The fraction of sp³-hybridized carbons (Fsp3) is 0.208. The van der Waals surface area contributed by atoms with Gasteiger partial charge in [0.15, 0.2) is 23.3 Å². The maximum absolute atomic E-state index is 14.2. The number of carbonyl (C=O) groups is 1. The standard InChI is InChI=1S/C24H17Br2ClF5N3O2/c1-37-23-13(8-11(25)9-14(23)26)24(36)33-12-2-3-16(15(27)10-12)34-4-6-35(7-5-34)22-20(31)18(29)17(28)19(30)21(22)32/h2-3,8-10H,4-7H2,1H3,(H,33,36). The van der Waals surface area contributed by atoms with Crippen LogP contribution in [0.1, 0.15) is 10.4 Å². The SMILES string of the molecule is COc1c(Br)cc(Br)cc1C(=O)Nc1ccc(N2CCN(c3c(F)c(F)c(F)c(F)c3F)CC2)c(Cl)c1. The molecule has 1 saturated heterocycles. The van der Waals surface area contributed by atoms with E-state index in [2.05, 4.69) is 37.2 Å². The summed E-state index contributed by atoms with van der Waals surface area (Å²) in [5.41, 5.74) is 0.333. The molecule has 0 bridgehead atoms. The summed E-state index contributed by atoms with van der Waals surface area (Å²) in [6, 6.07) is 8.20. The van der Waals surface area contributed by atoms with Crippen molar-refractivity contribution in [3.63, 3.8) is 0 Å². The van der Waals surface area contributed by atoms with Gasteiger partial charge in [-0.05, 0) is 46.3 Å². The summed E-state index contributed by atoms with van der Waals surface area (Å²) in [5, 5.41) is 3.05. The zero-order valence-corrected chi connectivity index (χ0v) is 22.9. The molecular formula is C24H17Br2ClF5N3O2. The highest BCUT2D eigenvalue weighted by Crippen LogP contribution is 2.35. The van der Waals surface area contributed by atoms with E-state index in [4.69, 9.17) is 16.3 Å². The average molecular weight is 670 g/mol. The first-order valence-electron chi connectivity index (χ1n) is 10.7. The number of nitrogens with one attached hydrogen (secondary N) is 1. The van der Waals surface area contributed by atoms with Crippen LogP contribution >= 0.6 is 43.5 Å². The first kappa shape index (κ1) is 27.5. The van der Waals surface area contributed by atoms with Crippen molar-refractivity contribution in [3.05, 3.63) is 78.9 Å². The van der Waals surface area contributed by atoms with E-state index in [1.54, 1.807) is 30.3 Å². The molecule has 1 amide bonds. The number of halogens is 8. The molecule has 5 nitrogen and oxygen atoms in total. The van der Waals surface area contributed by atoms with Crippen LogP contribution in [0.5, 0.6) is 5.75 Å². The van der Waals surface area contributed by atoms with Crippen molar-refractivity contribution in [2.75, 3.05) is 48.4 Å². The molecule has 13 heteroatoms. The molecule has 1 heterocycles. The van der Waals surface area contributed by atoms with Gasteiger partial charge >= 0.3 is 0 Å². The van der Waals surface area contributed by atoms with E-state index in [-0.39, 0.29) is 31.7 Å². The van der Waals surface area contributed by atoms with E-state index in [9.17, 15) is 26.7 Å². The van der Waals surface area contributed by atoms with Crippen molar-refractivity contribution in [2.24, 2.45) is 0 Å². The quantitative estimate of drug-likeness (QED) is 0.178. The first-order valence-corrected chi connectivity index (χ1v) is 12.6. The third-order valence-corrected chi connectivity index (χ3v) is 7.14. The van der Waals surface area contributed by atoms with Crippen molar-refractivity contribution < 1.29 is 31.5 Å². The number of nitrogens with zero attached hydrogens (tertiary/aromatic N) is 2. The van der Waals surface area contributed by atoms with E-state index < -0.39 is 40.7 Å². The van der Waals surface area contributed by atoms with Gasteiger partial charge in [-0.15, -0.1) is 0 Å². The Kier molecular flexibility index (Phi) is 8.20. The van der Waals surface area contributed by atoms with E-state index in [0.717, 1.165) is 4.90 Å². The minimum absolute atomic E-state index is 0.00920. The van der Waals surface area contributed by atoms with Gasteiger partial charge in [-0.25, -0.2) is 22.0 Å². The maximum atomic E-state index is 14.2. The summed E-state index contributed by atoms with van der Waals surface area (Å²) in [6.07, 6.45) is 0. The Morgan fingerprint density at radius 3 is 2.03 bits per heavy atom. The highest BCUT2D eigenvalue weighted by atomic mass is 79.9. The van der Waals surface area contributed by atoms with Gasteiger partial charge in [-0.2, -0.15) is 0 Å². The Morgan fingerprint density at radius 1 is 0.892 bits per heavy atom. The lowest BCUT2D eigenvalue weighted by Crippen LogP contribution is -2.47. The Hall–Kier alpha value is -2.57. The Labute approximate surface area is 230 Å². The number of hydrogen-bond acceptors (Lipinski definition) is 4. The van der Waals surface area contributed by atoms with Crippen LogP contribution in [0.2, 0.25) is 5.02 Å². The first-order chi connectivity index (χ1) is 17.5. The second-order valence-corrected chi connectivity index (χ2v) is 10.2. The summed E-state index contributed by atoms with van der Waals surface area (Å²) in [7, 11) is 1.45. The fourth-order valence-corrected chi connectivity index (χ4v) is 5.71. The summed E-state index contributed by atoms with van der Waals surface area (Å²) in [6.45, 7) is 0.387. The fourth-order valence-electron chi connectivity index (χ4n) is 4.02. The summed E-state index contributed by atoms with van der Waals surface area (Å²) >= 11 is 13.2. The van der Waals surface area contributed by atoms with Crippen molar-refractivity contribution >= 4 is 66.4 Å². The third-order valence-electron chi connectivity index (χ3n) is 5.79. The molecule has 1 fully saturated rings. The van der Waals surface area contributed by atoms with Crippen molar-refractivity contribution in [2.45, 2.75) is 0 Å². The molecule has 0 aromatic heterocycles. The number of piperazine rings is 1. The number of rotatable bonds is 5. The van der Waals surface area contributed by atoms with Crippen LogP contribution in [0.3, 0.4) is 0 Å². The van der Waals surface area contributed by atoms with E-state index >= 15 is 0 Å². The number of carbonyl (C=O) groups excluding carboxylic acids is 1. The highest BCUT2D eigenvalue weighted by molar-refractivity contribution is 9.11. The molecule has 0 radical (unpaired) electrons. The van der Waals surface area contributed by atoms with Gasteiger partial charge in [0.1, 0.15) is 11.4 Å². The molecule has 37 heavy (non-hydrogen) atoms. The zero-order valence-electron chi connectivity index (χ0n) is 18.9. The Morgan fingerprint density at radius 2 is 1.46 bits per heavy atom. The van der Waals surface area contributed by atoms with Gasteiger partial charge in [-0.3, -0.25) is 4.79 Å². The third kappa shape index (κ3) is 5.37. The molecule has 1 N–H and O–H groups in total. The highest BCUT2D eigenvalue weighted by Gasteiger charge is 2.31. The van der Waals surface area contributed by atoms with E-state index in [1.165, 1.54) is 7.11 Å². The van der Waals surface area contributed by atoms with Gasteiger partial charge in [0.25, 0.3) is 5.91 Å². The summed E-state index contributed by atoms with van der Waals surface area (Å²) in [5.74, 6) is -9.96. The van der Waals surface area contributed by atoms with Crippen molar-refractivity contribution in [3.8, 4) is 5.75 Å².